The van der Waals surface area contributed by atoms with Crippen LogP contribution in [0, 0.1) is 0 Å². The van der Waals surface area contributed by atoms with Gasteiger partial charge in [-0.25, -0.2) is 4.79 Å². The Morgan fingerprint density at radius 1 is 0.698 bits per heavy atom. The third kappa shape index (κ3) is 8.21. The quantitative estimate of drug-likeness (QED) is 0.0715. The summed E-state index contributed by atoms with van der Waals surface area (Å²) in [7, 11) is -0.0983. The van der Waals surface area contributed by atoms with E-state index in [0.29, 0.717) is 9.92 Å². The van der Waals surface area contributed by atoms with E-state index in [1.807, 2.05) is 34.0 Å². The molecule has 4 aromatic rings. The van der Waals surface area contributed by atoms with E-state index in [9.17, 15) is 4.79 Å². The largest absolute Gasteiger partial charge is 0.465 e. The molecular weight excluding hydrogens is 621 g/mol. The lowest BCUT2D eigenvalue weighted by atomic mass is 10.1. The first kappa shape index (κ1) is 34.4. The number of aryl methyl sites for hydroxylation is 2. The van der Waals surface area contributed by atoms with E-state index in [1.54, 1.807) is 15.8 Å². The van der Waals surface area contributed by atoms with Gasteiger partial charge in [-0.1, -0.05) is 92.3 Å². The molecule has 234 valence electrons. The Bertz CT molecular complexity index is 1480. The minimum Gasteiger partial charge on any atom is -0.465 e. The van der Waals surface area contributed by atoms with Crippen LogP contribution < -0.4 is 4.50 Å². The van der Waals surface area contributed by atoms with E-state index < -0.39 is 8.07 Å². The van der Waals surface area contributed by atoms with Crippen LogP contribution in [0.25, 0.3) is 29.3 Å². The maximum absolute atomic E-state index is 12.4. The topological polar surface area (TPSA) is 26.3 Å². The number of hydrogen-bond acceptors (Lipinski definition) is 6. The minimum absolute atomic E-state index is 0.230. The number of carbonyl (C=O) groups excluding carboxylic acids is 1. The number of carbonyl (C=O) groups is 1. The van der Waals surface area contributed by atoms with Crippen LogP contribution >= 0.6 is 45.3 Å². The molecule has 0 spiro atoms. The molecule has 0 aromatic carbocycles. The summed E-state index contributed by atoms with van der Waals surface area (Å²) in [6, 6.07) is 13.9. The first-order valence-corrected chi connectivity index (χ1v) is 22.3. The molecule has 7 heteroatoms. The molecule has 4 aromatic heterocycles. The van der Waals surface area contributed by atoms with Gasteiger partial charge in [0.1, 0.15) is 4.88 Å². The summed E-state index contributed by atoms with van der Waals surface area (Å²) in [5, 5.41) is 0.330. The molecule has 0 aliphatic heterocycles. The zero-order chi connectivity index (χ0) is 31.2. The van der Waals surface area contributed by atoms with Gasteiger partial charge in [-0.05, 0) is 76.7 Å². The summed E-state index contributed by atoms with van der Waals surface area (Å²) in [6.07, 6.45) is 12.2. The zero-order valence-corrected chi connectivity index (χ0v) is 31.8. The Hall–Kier alpha value is -1.51. The van der Waals surface area contributed by atoms with E-state index in [2.05, 4.69) is 84.1 Å². The molecule has 0 fully saturated rings. The van der Waals surface area contributed by atoms with Gasteiger partial charge in [0, 0.05) is 29.3 Å². The van der Waals surface area contributed by atoms with Gasteiger partial charge in [0.25, 0.3) is 0 Å². The highest BCUT2D eigenvalue weighted by molar-refractivity contribution is 7.32. The van der Waals surface area contributed by atoms with Gasteiger partial charge in [-0.15, -0.1) is 45.3 Å². The van der Waals surface area contributed by atoms with Crippen LogP contribution in [-0.4, -0.2) is 21.2 Å². The van der Waals surface area contributed by atoms with Gasteiger partial charge in [-0.2, -0.15) is 0 Å². The van der Waals surface area contributed by atoms with Crippen LogP contribution in [0.1, 0.15) is 107 Å². The highest BCUT2D eigenvalue weighted by Crippen LogP contribution is 2.47. The lowest BCUT2D eigenvalue weighted by Gasteiger charge is -2.35. The molecule has 2 nitrogen and oxygen atoms in total. The lowest BCUT2D eigenvalue weighted by molar-refractivity contribution is 0.0606. The fourth-order valence-electron chi connectivity index (χ4n) is 5.21. The molecule has 0 atom stereocenters. The van der Waals surface area contributed by atoms with Crippen molar-refractivity contribution in [2.75, 3.05) is 7.11 Å². The molecule has 0 radical (unpaired) electrons. The zero-order valence-electron chi connectivity index (χ0n) is 27.5. The van der Waals surface area contributed by atoms with Crippen LogP contribution in [0.2, 0.25) is 18.1 Å². The van der Waals surface area contributed by atoms with E-state index in [-0.39, 0.29) is 5.97 Å². The third-order valence-corrected chi connectivity index (χ3v) is 20.9. The van der Waals surface area contributed by atoms with Crippen molar-refractivity contribution >= 4 is 63.9 Å². The summed E-state index contributed by atoms with van der Waals surface area (Å²) in [5.74, 6) is -0.230. The van der Waals surface area contributed by atoms with Crippen molar-refractivity contribution in [1.29, 1.82) is 0 Å². The first-order valence-electron chi connectivity index (χ1n) is 16.0. The van der Waals surface area contributed by atoms with Gasteiger partial charge in [0.15, 0.2) is 0 Å². The Balaban J connectivity index is 1.67. The molecule has 0 aliphatic rings. The molecule has 0 unspecified atom stereocenters. The number of unbranched alkanes of at least 4 members (excludes halogenated alkanes) is 6. The first-order chi connectivity index (χ1) is 20.5. The summed E-state index contributed by atoms with van der Waals surface area (Å²) in [5.41, 5.74) is 2.80. The summed E-state index contributed by atoms with van der Waals surface area (Å²) >= 11 is 7.48. The van der Waals surface area contributed by atoms with Crippen molar-refractivity contribution in [1.82, 2.24) is 0 Å². The van der Waals surface area contributed by atoms with Crippen LogP contribution in [0.15, 0.2) is 36.4 Å². The van der Waals surface area contributed by atoms with Crippen molar-refractivity contribution in [2.45, 2.75) is 117 Å². The van der Waals surface area contributed by atoms with Gasteiger partial charge in [-0.3, -0.25) is 0 Å². The van der Waals surface area contributed by atoms with Gasteiger partial charge < -0.3 is 4.74 Å². The van der Waals surface area contributed by atoms with E-state index in [0.717, 1.165) is 19.3 Å². The molecule has 0 saturated carbocycles. The van der Waals surface area contributed by atoms with Gasteiger partial charge >= 0.3 is 5.97 Å². The predicted molar refractivity (Wildman–Crippen MR) is 198 cm³/mol. The van der Waals surface area contributed by atoms with Crippen LogP contribution in [0.5, 0.6) is 0 Å². The monoisotopic (exact) mass is 670 g/mol. The van der Waals surface area contributed by atoms with Crippen molar-refractivity contribution in [3.8, 4) is 29.3 Å². The molecule has 0 aliphatic carbocycles. The lowest BCUT2D eigenvalue weighted by Crippen LogP contribution is -2.47. The minimum atomic E-state index is -1.57. The Morgan fingerprint density at radius 3 is 1.86 bits per heavy atom. The fourth-order valence-corrected chi connectivity index (χ4v) is 13.2. The van der Waals surface area contributed by atoms with Crippen LogP contribution in [0.4, 0.5) is 0 Å². The summed E-state index contributed by atoms with van der Waals surface area (Å²) in [6.45, 7) is 16.8. The number of hydrogen-bond donors (Lipinski definition) is 0. The summed E-state index contributed by atoms with van der Waals surface area (Å²) < 4.78 is 6.69. The van der Waals surface area contributed by atoms with E-state index >= 15 is 0 Å². The van der Waals surface area contributed by atoms with Crippen LogP contribution in [0.3, 0.4) is 0 Å². The average molecular weight is 671 g/mol. The normalized spacial score (nSPS) is 12.3. The second-order valence-electron chi connectivity index (χ2n) is 13.2. The molecule has 4 rings (SSSR count). The van der Waals surface area contributed by atoms with E-state index in [1.165, 1.54) is 92.4 Å². The SMILES string of the molecule is CCCCCCc1cc(C(=O)OC)sc1-c1ccc(-c2cc(CCCCCC)c(-c3ccc([Si](C)(C)C(C)(C)C)s3)s2)s1. The van der Waals surface area contributed by atoms with E-state index in [4.69, 9.17) is 4.74 Å². The number of esters is 1. The number of thiophene rings is 4. The average Bonchev–Trinajstić information content (AvgIpc) is 3.77. The number of ether oxygens (including phenoxy) is 1. The molecule has 0 bridgehead atoms. The Morgan fingerprint density at radius 2 is 1.26 bits per heavy atom. The molecule has 4 heterocycles. The third-order valence-electron chi connectivity index (χ3n) is 9.00. The van der Waals surface area contributed by atoms with Crippen molar-refractivity contribution in [3.05, 3.63) is 52.4 Å². The molecule has 43 heavy (non-hydrogen) atoms. The maximum atomic E-state index is 12.4. The molecule has 0 amide bonds. The smallest absolute Gasteiger partial charge is 0.348 e. The van der Waals surface area contributed by atoms with Crippen molar-refractivity contribution in [2.24, 2.45) is 0 Å². The number of rotatable bonds is 15. The van der Waals surface area contributed by atoms with Crippen LogP contribution in [-0.2, 0) is 17.6 Å². The highest BCUT2D eigenvalue weighted by Gasteiger charge is 2.38. The second-order valence-corrected chi connectivity index (χ2v) is 23.2. The Labute approximate surface area is 277 Å². The van der Waals surface area contributed by atoms with Crippen molar-refractivity contribution < 1.29 is 9.53 Å². The molecule has 0 saturated heterocycles. The second kappa shape index (κ2) is 15.2. The number of methoxy groups -OCH3 is 1. The van der Waals surface area contributed by atoms with Crippen molar-refractivity contribution in [3.63, 3.8) is 0 Å². The Kier molecular flexibility index (Phi) is 12.1. The van der Waals surface area contributed by atoms with Gasteiger partial charge in [0.2, 0.25) is 0 Å². The molecular formula is C36H50O2S4Si. The standard InChI is InChI=1S/C36H50O2S4Si/c1-9-11-13-15-17-25-23-30(41-34(25)29-21-22-32(40-29)43(7,8)36(3,4)5)27-19-20-28(39-27)33-26(18-16-14-12-10-2)24-31(42-33)35(37)38-6/h19-24H,9-18H2,1-8H3. The maximum Gasteiger partial charge on any atom is 0.348 e. The van der Waals surface area contributed by atoms with Gasteiger partial charge in [0.05, 0.1) is 15.2 Å². The fraction of sp³-hybridized carbons (Fsp3) is 0.528. The molecule has 0 N–H and O–H groups in total. The predicted octanol–water partition coefficient (Wildman–Crippen LogP) is 12.7. The highest BCUT2D eigenvalue weighted by atomic mass is 32.1. The summed E-state index contributed by atoms with van der Waals surface area (Å²) in [4.78, 5) is 21.2.